The Morgan fingerprint density at radius 3 is 2.36 bits per heavy atom. The summed E-state index contributed by atoms with van der Waals surface area (Å²) in [5.74, 6) is 0.617. The molecule has 3 rings (SSSR count). The van der Waals surface area contributed by atoms with Crippen molar-refractivity contribution in [1.82, 2.24) is 9.97 Å². The molecule has 0 unspecified atom stereocenters. The zero-order chi connectivity index (χ0) is 20.3. The lowest BCUT2D eigenvalue weighted by molar-refractivity contribution is -0.384. The molecule has 0 aliphatic carbocycles. The van der Waals surface area contributed by atoms with Crippen LogP contribution in [0.5, 0.6) is 11.8 Å². The number of hydrogen-bond donors (Lipinski definition) is 1. The SMILES string of the molecule is Cc1cc(C)c(Oc2ncc([N+](=O)[O-])c(Nc3ccc(C#N)cc3)n2)c(C)c1. The molecule has 0 atom stereocenters. The largest absolute Gasteiger partial charge is 0.424 e. The van der Waals surface area contributed by atoms with E-state index in [1.54, 1.807) is 24.3 Å². The standard InChI is InChI=1S/C20H17N5O3/c1-12-8-13(2)18(14(3)9-12)28-20-22-11-17(25(26)27)19(24-20)23-16-6-4-15(10-21)5-7-16/h4-9,11H,1-3H3,(H,22,23,24). The van der Waals surface area contributed by atoms with Gasteiger partial charge in [0, 0.05) is 5.69 Å². The molecule has 1 heterocycles. The number of nitro groups is 1. The molecule has 0 aliphatic heterocycles. The first-order chi connectivity index (χ1) is 13.4. The lowest BCUT2D eigenvalue weighted by Crippen LogP contribution is -2.03. The first-order valence-corrected chi connectivity index (χ1v) is 8.41. The summed E-state index contributed by atoms with van der Waals surface area (Å²) >= 11 is 0. The van der Waals surface area contributed by atoms with Crippen molar-refractivity contribution in [3.8, 4) is 17.8 Å². The summed E-state index contributed by atoms with van der Waals surface area (Å²) < 4.78 is 5.82. The number of nitriles is 1. The number of ether oxygens (including phenoxy) is 1. The summed E-state index contributed by atoms with van der Waals surface area (Å²) in [4.78, 5) is 18.9. The average Bonchev–Trinajstić information content (AvgIpc) is 2.65. The van der Waals surface area contributed by atoms with Gasteiger partial charge in [-0.15, -0.1) is 0 Å². The van der Waals surface area contributed by atoms with Gasteiger partial charge in [0.1, 0.15) is 11.9 Å². The normalized spacial score (nSPS) is 10.2. The second-order valence-corrected chi connectivity index (χ2v) is 6.29. The Morgan fingerprint density at radius 2 is 1.79 bits per heavy atom. The Morgan fingerprint density at radius 1 is 1.14 bits per heavy atom. The van der Waals surface area contributed by atoms with E-state index in [4.69, 9.17) is 10.00 Å². The van der Waals surface area contributed by atoms with Gasteiger partial charge in [0.15, 0.2) is 0 Å². The number of nitrogens with one attached hydrogen (secondary N) is 1. The van der Waals surface area contributed by atoms with Crippen molar-refractivity contribution in [3.63, 3.8) is 0 Å². The van der Waals surface area contributed by atoms with Crippen LogP contribution in [0.4, 0.5) is 17.2 Å². The van der Waals surface area contributed by atoms with E-state index in [0.717, 1.165) is 22.9 Å². The van der Waals surface area contributed by atoms with Crippen molar-refractivity contribution in [2.24, 2.45) is 0 Å². The molecule has 0 radical (unpaired) electrons. The van der Waals surface area contributed by atoms with Crippen LogP contribution in [0.25, 0.3) is 0 Å². The summed E-state index contributed by atoms with van der Waals surface area (Å²) in [6.45, 7) is 5.82. The van der Waals surface area contributed by atoms with Crippen LogP contribution in [-0.4, -0.2) is 14.9 Å². The van der Waals surface area contributed by atoms with Gasteiger partial charge in [0.05, 0.1) is 16.6 Å². The van der Waals surface area contributed by atoms with Gasteiger partial charge < -0.3 is 10.1 Å². The minimum Gasteiger partial charge on any atom is -0.424 e. The lowest BCUT2D eigenvalue weighted by Gasteiger charge is -2.12. The maximum absolute atomic E-state index is 11.3. The van der Waals surface area contributed by atoms with E-state index in [-0.39, 0.29) is 17.5 Å². The highest BCUT2D eigenvalue weighted by molar-refractivity contribution is 5.65. The van der Waals surface area contributed by atoms with Crippen molar-refractivity contribution < 1.29 is 9.66 Å². The van der Waals surface area contributed by atoms with E-state index in [9.17, 15) is 10.1 Å². The van der Waals surface area contributed by atoms with Crippen molar-refractivity contribution in [3.05, 3.63) is 75.0 Å². The van der Waals surface area contributed by atoms with Gasteiger partial charge in [0.25, 0.3) is 0 Å². The predicted octanol–water partition coefficient (Wildman–Crippen LogP) is 4.72. The van der Waals surface area contributed by atoms with Gasteiger partial charge in [-0.2, -0.15) is 15.2 Å². The molecule has 1 aromatic heterocycles. The highest BCUT2D eigenvalue weighted by Gasteiger charge is 2.19. The maximum Gasteiger partial charge on any atom is 0.330 e. The molecule has 140 valence electrons. The van der Waals surface area contributed by atoms with Crippen LogP contribution in [0.2, 0.25) is 0 Å². The summed E-state index contributed by atoms with van der Waals surface area (Å²) in [5, 5.41) is 23.1. The van der Waals surface area contributed by atoms with Crippen molar-refractivity contribution in [1.29, 1.82) is 5.26 Å². The first kappa shape index (κ1) is 18.8. The van der Waals surface area contributed by atoms with E-state index < -0.39 is 4.92 Å². The smallest absolute Gasteiger partial charge is 0.330 e. The maximum atomic E-state index is 11.3. The zero-order valence-corrected chi connectivity index (χ0v) is 15.6. The lowest BCUT2D eigenvalue weighted by atomic mass is 10.1. The third-order valence-corrected chi connectivity index (χ3v) is 4.02. The molecule has 2 aromatic carbocycles. The molecule has 3 aromatic rings. The van der Waals surface area contributed by atoms with E-state index in [0.29, 0.717) is 17.0 Å². The molecule has 0 spiro atoms. The number of aromatic nitrogens is 2. The monoisotopic (exact) mass is 375 g/mol. The highest BCUT2D eigenvalue weighted by Crippen LogP contribution is 2.31. The molecule has 0 aliphatic rings. The molecular weight excluding hydrogens is 358 g/mol. The topological polar surface area (TPSA) is 114 Å². The Hall–Kier alpha value is -3.99. The number of anilines is 2. The molecule has 0 saturated heterocycles. The fraction of sp³-hybridized carbons (Fsp3) is 0.150. The molecule has 0 bridgehead atoms. The Labute approximate surface area is 161 Å². The van der Waals surface area contributed by atoms with Crippen LogP contribution in [-0.2, 0) is 0 Å². The van der Waals surface area contributed by atoms with Crippen LogP contribution < -0.4 is 10.1 Å². The van der Waals surface area contributed by atoms with Crippen LogP contribution in [0, 0.1) is 42.2 Å². The van der Waals surface area contributed by atoms with E-state index in [1.165, 1.54) is 0 Å². The second kappa shape index (κ2) is 7.72. The zero-order valence-electron chi connectivity index (χ0n) is 15.6. The molecule has 0 saturated carbocycles. The number of benzene rings is 2. The third-order valence-electron chi connectivity index (χ3n) is 4.02. The first-order valence-electron chi connectivity index (χ1n) is 8.41. The molecule has 8 nitrogen and oxygen atoms in total. The summed E-state index contributed by atoms with van der Waals surface area (Å²) in [6, 6.07) is 12.4. The second-order valence-electron chi connectivity index (χ2n) is 6.29. The Bertz CT molecular complexity index is 1060. The van der Waals surface area contributed by atoms with Crippen molar-refractivity contribution in [2.45, 2.75) is 20.8 Å². The van der Waals surface area contributed by atoms with Crippen LogP contribution in [0.15, 0.2) is 42.6 Å². The van der Waals surface area contributed by atoms with Crippen LogP contribution in [0.1, 0.15) is 22.3 Å². The predicted molar refractivity (Wildman–Crippen MR) is 104 cm³/mol. The van der Waals surface area contributed by atoms with E-state index >= 15 is 0 Å². The van der Waals surface area contributed by atoms with E-state index in [2.05, 4.69) is 15.3 Å². The molecule has 1 N–H and O–H groups in total. The Kier molecular flexibility index (Phi) is 5.18. The Balaban J connectivity index is 1.95. The molecule has 28 heavy (non-hydrogen) atoms. The fourth-order valence-corrected chi connectivity index (χ4v) is 2.82. The molecular formula is C20H17N5O3. The van der Waals surface area contributed by atoms with Gasteiger partial charge in [-0.25, -0.2) is 0 Å². The van der Waals surface area contributed by atoms with Gasteiger partial charge in [0.2, 0.25) is 5.82 Å². The van der Waals surface area contributed by atoms with Crippen molar-refractivity contribution in [2.75, 3.05) is 5.32 Å². The van der Waals surface area contributed by atoms with Gasteiger partial charge >= 0.3 is 11.7 Å². The minimum atomic E-state index is -0.571. The molecule has 0 fully saturated rings. The third kappa shape index (κ3) is 4.04. The quantitative estimate of drug-likeness (QED) is 0.507. The van der Waals surface area contributed by atoms with Crippen molar-refractivity contribution >= 4 is 17.2 Å². The van der Waals surface area contributed by atoms with E-state index in [1.807, 2.05) is 39.0 Å². The summed E-state index contributed by atoms with van der Waals surface area (Å²) in [6.07, 6.45) is 1.10. The number of aryl methyl sites for hydroxylation is 3. The van der Waals surface area contributed by atoms with Crippen LogP contribution >= 0.6 is 0 Å². The van der Waals surface area contributed by atoms with Gasteiger partial charge in [-0.3, -0.25) is 10.1 Å². The van der Waals surface area contributed by atoms with Gasteiger partial charge in [-0.1, -0.05) is 17.7 Å². The van der Waals surface area contributed by atoms with Crippen LogP contribution in [0.3, 0.4) is 0 Å². The average molecular weight is 375 g/mol. The fourth-order valence-electron chi connectivity index (χ4n) is 2.82. The molecule has 8 heteroatoms. The van der Waals surface area contributed by atoms with Gasteiger partial charge in [-0.05, 0) is 56.2 Å². The minimum absolute atomic E-state index is 0.00197. The number of hydrogen-bond acceptors (Lipinski definition) is 7. The highest BCUT2D eigenvalue weighted by atomic mass is 16.6. The summed E-state index contributed by atoms with van der Waals surface area (Å²) in [7, 11) is 0. The molecule has 0 amide bonds. The number of nitrogens with zero attached hydrogens (tertiary/aromatic N) is 4. The summed E-state index contributed by atoms with van der Waals surface area (Å²) in [5.41, 5.74) is 3.69. The number of rotatable bonds is 5.